The number of nitrogens with zero attached hydrogens (tertiary/aromatic N) is 1. The lowest BCUT2D eigenvalue weighted by atomic mass is 10.3. The van der Waals surface area contributed by atoms with Crippen LogP contribution in [0.1, 0.15) is 15.4 Å². The Morgan fingerprint density at radius 3 is 2.88 bits per heavy atom. The van der Waals surface area contributed by atoms with Crippen LogP contribution < -0.4 is 0 Å². The van der Waals surface area contributed by atoms with Crippen LogP contribution in [0.5, 0.6) is 0 Å². The van der Waals surface area contributed by atoms with Gasteiger partial charge in [0.05, 0.1) is 17.5 Å². The van der Waals surface area contributed by atoms with Crippen LogP contribution in [-0.4, -0.2) is 18.1 Å². The second-order valence-electron chi connectivity index (χ2n) is 3.04. The summed E-state index contributed by atoms with van der Waals surface area (Å²) in [6.07, 6.45) is 0. The number of carbonyl (C=O) groups is 1. The van der Waals surface area contributed by atoms with Gasteiger partial charge in [-0.2, -0.15) is 0 Å². The third-order valence-corrected chi connectivity index (χ3v) is 5.17. The molecule has 2 aromatic rings. The number of hydrogen-bond acceptors (Lipinski definition) is 5. The summed E-state index contributed by atoms with van der Waals surface area (Å²) in [5.41, 5.74) is 2.05. The summed E-state index contributed by atoms with van der Waals surface area (Å²) in [6.45, 7) is 2.02. The average Bonchev–Trinajstić information content (AvgIpc) is 2.85. The minimum Gasteiger partial charge on any atom is -0.464 e. The molecule has 0 atom stereocenters. The van der Waals surface area contributed by atoms with Crippen LogP contribution in [0.2, 0.25) is 0 Å². The number of methoxy groups -OCH3 is 1. The Morgan fingerprint density at radius 2 is 2.31 bits per heavy atom. The largest absolute Gasteiger partial charge is 0.464 e. The normalized spacial score (nSPS) is 10.4. The second-order valence-corrected chi connectivity index (χ2v) is 6.00. The summed E-state index contributed by atoms with van der Waals surface area (Å²) >= 11 is 6.53. The Hall–Kier alpha value is -0.720. The van der Waals surface area contributed by atoms with E-state index in [0.717, 1.165) is 14.2 Å². The fraction of sp³-hybridized carbons (Fsp3) is 0.200. The van der Waals surface area contributed by atoms with Crippen LogP contribution in [0.4, 0.5) is 0 Å². The van der Waals surface area contributed by atoms with Crippen molar-refractivity contribution in [3.05, 3.63) is 26.6 Å². The van der Waals surface area contributed by atoms with Crippen LogP contribution in [0.3, 0.4) is 0 Å². The Balaban J connectivity index is 2.48. The number of thiophene rings is 1. The number of rotatable bonds is 2. The van der Waals surface area contributed by atoms with Crippen LogP contribution in [0, 0.1) is 6.92 Å². The maximum atomic E-state index is 11.5. The second kappa shape index (κ2) is 4.65. The lowest BCUT2D eigenvalue weighted by Gasteiger charge is -1.97. The number of thiazole rings is 1. The summed E-state index contributed by atoms with van der Waals surface area (Å²) in [4.78, 5) is 18.6. The summed E-state index contributed by atoms with van der Waals surface area (Å²) in [7, 11) is 1.36. The molecule has 0 amide bonds. The number of esters is 1. The van der Waals surface area contributed by atoms with Crippen molar-refractivity contribution in [2.24, 2.45) is 0 Å². The van der Waals surface area contributed by atoms with Crippen molar-refractivity contribution < 1.29 is 9.53 Å². The van der Waals surface area contributed by atoms with Gasteiger partial charge in [0.15, 0.2) is 5.69 Å². The van der Waals surface area contributed by atoms with Crippen LogP contribution in [-0.2, 0) is 4.74 Å². The van der Waals surface area contributed by atoms with E-state index in [2.05, 4.69) is 20.9 Å². The summed E-state index contributed by atoms with van der Waals surface area (Å²) in [5, 5.41) is 0. The van der Waals surface area contributed by atoms with E-state index in [1.54, 1.807) is 16.8 Å². The minimum absolute atomic E-state index is 0.390. The van der Waals surface area contributed by atoms with Crippen molar-refractivity contribution in [3.8, 4) is 9.75 Å². The molecular weight excluding hydrogens is 310 g/mol. The first-order valence-corrected chi connectivity index (χ1v) is 6.90. The predicted molar refractivity (Wildman–Crippen MR) is 69.2 cm³/mol. The minimum atomic E-state index is -0.390. The van der Waals surface area contributed by atoms with Gasteiger partial charge in [0, 0.05) is 14.2 Å². The predicted octanol–water partition coefficient (Wildman–Crippen LogP) is 3.73. The highest BCUT2D eigenvalue weighted by atomic mass is 79.9. The highest BCUT2D eigenvalue weighted by Gasteiger charge is 2.18. The smallest absolute Gasteiger partial charge is 0.358 e. The molecule has 0 saturated carbocycles. The lowest BCUT2D eigenvalue weighted by molar-refractivity contribution is 0.0596. The van der Waals surface area contributed by atoms with Gasteiger partial charge in [-0.25, -0.2) is 9.78 Å². The van der Waals surface area contributed by atoms with E-state index in [9.17, 15) is 4.79 Å². The Morgan fingerprint density at radius 1 is 1.56 bits per heavy atom. The van der Waals surface area contributed by atoms with Crippen molar-refractivity contribution in [1.82, 2.24) is 4.98 Å². The standard InChI is InChI=1S/C10H8BrNO2S2/c1-5-6(11)3-7(16-5)9-8(10(13)14-2)12-4-15-9/h3-4H,1-2H3. The third-order valence-electron chi connectivity index (χ3n) is 2.03. The molecule has 0 radical (unpaired) electrons. The van der Waals surface area contributed by atoms with E-state index in [-0.39, 0.29) is 0 Å². The fourth-order valence-electron chi connectivity index (χ4n) is 1.23. The molecule has 0 unspecified atom stereocenters. The maximum absolute atomic E-state index is 11.5. The quantitative estimate of drug-likeness (QED) is 0.792. The zero-order valence-corrected chi connectivity index (χ0v) is 11.8. The summed E-state index contributed by atoms with van der Waals surface area (Å²) in [6, 6.07) is 2.00. The highest BCUT2D eigenvalue weighted by molar-refractivity contribution is 9.10. The maximum Gasteiger partial charge on any atom is 0.358 e. The van der Waals surface area contributed by atoms with Gasteiger partial charge < -0.3 is 4.74 Å². The zero-order valence-electron chi connectivity index (χ0n) is 8.61. The first kappa shape index (κ1) is 11.8. The lowest BCUT2D eigenvalue weighted by Crippen LogP contribution is -2.02. The Kier molecular flexibility index (Phi) is 3.41. The molecule has 16 heavy (non-hydrogen) atoms. The topological polar surface area (TPSA) is 39.2 Å². The molecule has 0 aromatic carbocycles. The number of aryl methyl sites for hydroxylation is 1. The molecule has 3 nitrogen and oxygen atoms in total. The number of aromatic nitrogens is 1. The molecule has 2 rings (SSSR count). The Bertz CT molecular complexity index is 513. The van der Waals surface area contributed by atoms with Crippen molar-refractivity contribution in [1.29, 1.82) is 0 Å². The molecule has 0 spiro atoms. The molecule has 84 valence electrons. The highest BCUT2D eigenvalue weighted by Crippen LogP contribution is 2.37. The molecule has 0 bridgehead atoms. The molecule has 0 fully saturated rings. The van der Waals surface area contributed by atoms with Gasteiger partial charge in [-0.1, -0.05) is 0 Å². The van der Waals surface area contributed by atoms with Gasteiger partial charge in [-0.15, -0.1) is 22.7 Å². The van der Waals surface area contributed by atoms with Crippen molar-refractivity contribution in [2.45, 2.75) is 6.92 Å². The van der Waals surface area contributed by atoms with E-state index >= 15 is 0 Å². The first-order valence-electron chi connectivity index (χ1n) is 4.41. The molecular formula is C10H8BrNO2S2. The zero-order chi connectivity index (χ0) is 11.7. The Labute approximate surface area is 109 Å². The monoisotopic (exact) mass is 317 g/mol. The van der Waals surface area contributed by atoms with E-state index in [1.807, 2.05) is 13.0 Å². The van der Waals surface area contributed by atoms with E-state index in [0.29, 0.717) is 5.69 Å². The fourth-order valence-corrected chi connectivity index (χ4v) is 3.67. The molecule has 2 heterocycles. The van der Waals surface area contributed by atoms with Gasteiger partial charge >= 0.3 is 5.97 Å². The third kappa shape index (κ3) is 2.05. The van der Waals surface area contributed by atoms with Gasteiger partial charge in [0.25, 0.3) is 0 Å². The van der Waals surface area contributed by atoms with Gasteiger partial charge in [-0.05, 0) is 28.9 Å². The molecule has 2 aromatic heterocycles. The van der Waals surface area contributed by atoms with Gasteiger partial charge in [-0.3, -0.25) is 0 Å². The van der Waals surface area contributed by atoms with Crippen molar-refractivity contribution in [3.63, 3.8) is 0 Å². The van der Waals surface area contributed by atoms with E-state index in [4.69, 9.17) is 4.74 Å². The summed E-state index contributed by atoms with van der Waals surface area (Å²) in [5.74, 6) is -0.390. The van der Waals surface area contributed by atoms with Crippen LogP contribution in [0.25, 0.3) is 9.75 Å². The van der Waals surface area contributed by atoms with E-state index < -0.39 is 5.97 Å². The number of halogens is 1. The van der Waals surface area contributed by atoms with E-state index in [1.165, 1.54) is 23.3 Å². The van der Waals surface area contributed by atoms with Gasteiger partial charge in [0.2, 0.25) is 0 Å². The molecule has 6 heteroatoms. The molecule has 0 aliphatic heterocycles. The van der Waals surface area contributed by atoms with Crippen molar-refractivity contribution >= 4 is 44.6 Å². The molecule has 0 aliphatic carbocycles. The van der Waals surface area contributed by atoms with Crippen LogP contribution >= 0.6 is 38.6 Å². The molecule has 0 saturated heterocycles. The number of hydrogen-bond donors (Lipinski definition) is 0. The average molecular weight is 318 g/mol. The molecule has 0 N–H and O–H groups in total. The van der Waals surface area contributed by atoms with Gasteiger partial charge in [0.1, 0.15) is 0 Å². The number of carbonyl (C=O) groups excluding carboxylic acids is 1. The molecule has 0 aliphatic rings. The van der Waals surface area contributed by atoms with Crippen molar-refractivity contribution in [2.75, 3.05) is 7.11 Å². The first-order chi connectivity index (χ1) is 7.63. The number of ether oxygens (including phenoxy) is 1. The van der Waals surface area contributed by atoms with Crippen LogP contribution in [0.15, 0.2) is 16.0 Å². The summed E-state index contributed by atoms with van der Waals surface area (Å²) < 4.78 is 5.74. The SMILES string of the molecule is COC(=O)c1ncsc1-c1cc(Br)c(C)s1.